The lowest BCUT2D eigenvalue weighted by molar-refractivity contribution is -0.121. The Balaban J connectivity index is 1.45. The zero-order valence-electron chi connectivity index (χ0n) is 19.1. The number of nitrogens with one attached hydrogen (secondary N) is 1. The SMILES string of the molecule is CCn1c(=O)c2ccccc2n(CC(=O)NCc2ccccc2COCc2ccccc2)c1=O. The summed E-state index contributed by atoms with van der Waals surface area (Å²) in [5, 5.41) is 3.31. The molecule has 7 heteroatoms. The summed E-state index contributed by atoms with van der Waals surface area (Å²) in [6.45, 7) is 3.03. The van der Waals surface area contributed by atoms with Gasteiger partial charge in [-0.05, 0) is 35.7 Å². The summed E-state index contributed by atoms with van der Waals surface area (Å²) in [5.74, 6) is -0.312. The Hall–Kier alpha value is -3.97. The zero-order chi connectivity index (χ0) is 23.9. The van der Waals surface area contributed by atoms with Crippen LogP contribution in [0.3, 0.4) is 0 Å². The van der Waals surface area contributed by atoms with E-state index in [0.29, 0.717) is 30.7 Å². The van der Waals surface area contributed by atoms with Crippen LogP contribution in [0.15, 0.2) is 88.5 Å². The quantitative estimate of drug-likeness (QED) is 0.418. The van der Waals surface area contributed by atoms with Crippen LogP contribution in [0.4, 0.5) is 0 Å². The Morgan fingerprint density at radius 1 is 0.824 bits per heavy atom. The van der Waals surface area contributed by atoms with Crippen molar-refractivity contribution in [1.82, 2.24) is 14.5 Å². The van der Waals surface area contributed by atoms with E-state index in [9.17, 15) is 14.4 Å². The molecule has 4 rings (SSSR count). The number of hydrogen-bond acceptors (Lipinski definition) is 4. The van der Waals surface area contributed by atoms with E-state index in [1.807, 2.05) is 54.6 Å². The first kappa shape index (κ1) is 23.2. The minimum atomic E-state index is -0.490. The maximum absolute atomic E-state index is 12.9. The lowest BCUT2D eigenvalue weighted by atomic mass is 10.1. The van der Waals surface area contributed by atoms with Gasteiger partial charge in [0, 0.05) is 13.1 Å². The highest BCUT2D eigenvalue weighted by Gasteiger charge is 2.14. The molecule has 0 spiro atoms. The normalized spacial score (nSPS) is 11.0. The molecule has 0 aliphatic heterocycles. The van der Waals surface area contributed by atoms with Crippen LogP contribution in [0, 0.1) is 0 Å². The number of para-hydroxylation sites is 1. The average Bonchev–Trinajstić information content (AvgIpc) is 2.87. The number of benzene rings is 3. The topological polar surface area (TPSA) is 82.3 Å². The Labute approximate surface area is 197 Å². The van der Waals surface area contributed by atoms with Crippen molar-refractivity contribution in [2.45, 2.75) is 39.8 Å². The van der Waals surface area contributed by atoms with Crippen LogP contribution in [0.2, 0.25) is 0 Å². The van der Waals surface area contributed by atoms with Gasteiger partial charge in [0.1, 0.15) is 6.54 Å². The lowest BCUT2D eigenvalue weighted by Gasteiger charge is -2.14. The highest BCUT2D eigenvalue weighted by Crippen LogP contribution is 2.12. The lowest BCUT2D eigenvalue weighted by Crippen LogP contribution is -2.42. The van der Waals surface area contributed by atoms with Crippen molar-refractivity contribution in [2.75, 3.05) is 0 Å². The predicted octanol–water partition coefficient (Wildman–Crippen LogP) is 3.22. The van der Waals surface area contributed by atoms with Crippen LogP contribution in [0.1, 0.15) is 23.6 Å². The first-order chi connectivity index (χ1) is 16.6. The minimum Gasteiger partial charge on any atom is -0.372 e. The molecule has 0 fully saturated rings. The number of nitrogens with zero attached hydrogens (tertiary/aromatic N) is 2. The molecule has 0 aliphatic rings. The molecular formula is C27H27N3O4. The average molecular weight is 458 g/mol. The van der Waals surface area contributed by atoms with Crippen LogP contribution in [0.5, 0.6) is 0 Å². The van der Waals surface area contributed by atoms with Crippen LogP contribution in [0.25, 0.3) is 10.9 Å². The van der Waals surface area contributed by atoms with E-state index in [1.54, 1.807) is 31.2 Å². The number of fused-ring (bicyclic) bond motifs is 1. The maximum Gasteiger partial charge on any atom is 0.331 e. The fourth-order valence-electron chi connectivity index (χ4n) is 3.92. The number of ether oxygens (including phenoxy) is 1. The van der Waals surface area contributed by atoms with Crippen molar-refractivity contribution in [3.05, 3.63) is 116 Å². The largest absolute Gasteiger partial charge is 0.372 e. The molecule has 174 valence electrons. The number of amides is 1. The Bertz CT molecular complexity index is 1410. The van der Waals surface area contributed by atoms with Gasteiger partial charge in [0.05, 0.1) is 24.1 Å². The van der Waals surface area contributed by atoms with Crippen molar-refractivity contribution in [2.24, 2.45) is 0 Å². The summed E-state index contributed by atoms with van der Waals surface area (Å²) in [7, 11) is 0. The second kappa shape index (κ2) is 10.8. The summed E-state index contributed by atoms with van der Waals surface area (Å²) in [6.07, 6.45) is 0. The molecule has 1 heterocycles. The molecule has 0 saturated heterocycles. The Kier molecular flexibility index (Phi) is 7.34. The van der Waals surface area contributed by atoms with Crippen molar-refractivity contribution in [3.8, 4) is 0 Å². The smallest absolute Gasteiger partial charge is 0.331 e. The minimum absolute atomic E-state index is 0.174. The summed E-state index contributed by atoms with van der Waals surface area (Å²) in [6, 6.07) is 24.6. The van der Waals surface area contributed by atoms with Gasteiger partial charge < -0.3 is 10.1 Å². The van der Waals surface area contributed by atoms with Crippen molar-refractivity contribution >= 4 is 16.8 Å². The van der Waals surface area contributed by atoms with Crippen molar-refractivity contribution in [3.63, 3.8) is 0 Å². The number of rotatable bonds is 9. The fraction of sp³-hybridized carbons (Fsp3) is 0.222. The molecule has 1 aromatic heterocycles. The molecule has 0 saturated carbocycles. The van der Waals surface area contributed by atoms with Gasteiger partial charge in [-0.3, -0.25) is 18.7 Å². The van der Waals surface area contributed by atoms with Gasteiger partial charge in [0.25, 0.3) is 5.56 Å². The standard InChI is InChI=1S/C27H27N3O4/c1-2-29-26(32)23-14-8-9-15-24(23)30(27(29)33)17-25(31)28-16-21-12-6-7-13-22(21)19-34-18-20-10-4-3-5-11-20/h3-15H,2,16-19H2,1H3,(H,28,31). The summed E-state index contributed by atoms with van der Waals surface area (Å²) in [4.78, 5) is 38.2. The van der Waals surface area contributed by atoms with E-state index in [2.05, 4.69) is 5.32 Å². The van der Waals surface area contributed by atoms with Crippen LogP contribution in [-0.2, 0) is 42.4 Å². The molecule has 0 atom stereocenters. The molecule has 7 nitrogen and oxygen atoms in total. The van der Waals surface area contributed by atoms with E-state index in [-0.39, 0.29) is 24.6 Å². The maximum atomic E-state index is 12.9. The predicted molar refractivity (Wildman–Crippen MR) is 131 cm³/mol. The highest BCUT2D eigenvalue weighted by molar-refractivity contribution is 5.81. The third kappa shape index (κ3) is 5.15. The number of aromatic nitrogens is 2. The van der Waals surface area contributed by atoms with Crippen LogP contribution >= 0.6 is 0 Å². The van der Waals surface area contributed by atoms with Gasteiger partial charge >= 0.3 is 5.69 Å². The molecule has 0 unspecified atom stereocenters. The van der Waals surface area contributed by atoms with E-state index in [4.69, 9.17) is 4.74 Å². The first-order valence-corrected chi connectivity index (χ1v) is 11.3. The monoisotopic (exact) mass is 457 g/mol. The summed E-state index contributed by atoms with van der Waals surface area (Å²) >= 11 is 0. The van der Waals surface area contributed by atoms with Crippen molar-refractivity contribution in [1.29, 1.82) is 0 Å². The second-order valence-electron chi connectivity index (χ2n) is 7.96. The Morgan fingerprint density at radius 2 is 1.50 bits per heavy atom. The Morgan fingerprint density at radius 3 is 2.26 bits per heavy atom. The van der Waals surface area contributed by atoms with Gasteiger partial charge in [-0.15, -0.1) is 0 Å². The summed E-state index contributed by atoms with van der Waals surface area (Å²) in [5.41, 5.74) is 2.65. The van der Waals surface area contributed by atoms with Crippen LogP contribution < -0.4 is 16.6 Å². The number of carbonyl (C=O) groups is 1. The summed E-state index contributed by atoms with van der Waals surface area (Å²) < 4.78 is 8.36. The molecule has 34 heavy (non-hydrogen) atoms. The van der Waals surface area contributed by atoms with Gasteiger partial charge in [-0.25, -0.2) is 4.79 Å². The molecule has 3 aromatic carbocycles. The molecule has 1 amide bonds. The van der Waals surface area contributed by atoms with E-state index in [0.717, 1.165) is 21.3 Å². The molecule has 4 aromatic rings. The van der Waals surface area contributed by atoms with Crippen LogP contribution in [-0.4, -0.2) is 15.0 Å². The van der Waals surface area contributed by atoms with E-state index in [1.165, 1.54) is 4.57 Å². The van der Waals surface area contributed by atoms with E-state index < -0.39 is 5.69 Å². The third-order valence-corrected chi connectivity index (χ3v) is 5.71. The van der Waals surface area contributed by atoms with E-state index >= 15 is 0 Å². The van der Waals surface area contributed by atoms with Crippen molar-refractivity contribution < 1.29 is 9.53 Å². The number of carbonyl (C=O) groups excluding carboxylic acids is 1. The van der Waals surface area contributed by atoms with Gasteiger partial charge in [0.15, 0.2) is 0 Å². The van der Waals surface area contributed by atoms with Gasteiger partial charge in [0.2, 0.25) is 5.91 Å². The van der Waals surface area contributed by atoms with Gasteiger partial charge in [-0.2, -0.15) is 0 Å². The molecule has 0 radical (unpaired) electrons. The zero-order valence-corrected chi connectivity index (χ0v) is 19.1. The number of hydrogen-bond donors (Lipinski definition) is 1. The fourth-order valence-corrected chi connectivity index (χ4v) is 3.92. The molecule has 1 N–H and O–H groups in total. The third-order valence-electron chi connectivity index (χ3n) is 5.71. The van der Waals surface area contributed by atoms with Gasteiger partial charge in [-0.1, -0.05) is 66.7 Å². The molecular weight excluding hydrogens is 430 g/mol. The molecule has 0 aliphatic carbocycles. The molecule has 0 bridgehead atoms. The first-order valence-electron chi connectivity index (χ1n) is 11.3. The highest BCUT2D eigenvalue weighted by atomic mass is 16.5. The second-order valence-corrected chi connectivity index (χ2v) is 7.96.